The fourth-order valence-electron chi connectivity index (χ4n) is 2.18. The van der Waals surface area contributed by atoms with E-state index in [0.29, 0.717) is 5.75 Å². The summed E-state index contributed by atoms with van der Waals surface area (Å²) in [7, 11) is 1.51. The number of nitriles is 1. The van der Waals surface area contributed by atoms with Crippen molar-refractivity contribution in [2.75, 3.05) is 20.2 Å². The summed E-state index contributed by atoms with van der Waals surface area (Å²) in [5.74, 6) is 0.506. The third-order valence-corrected chi connectivity index (χ3v) is 3.03. The molecule has 1 rings (SSSR count). The highest BCUT2D eigenvalue weighted by Crippen LogP contribution is 2.31. The van der Waals surface area contributed by atoms with Gasteiger partial charge in [0.25, 0.3) is 0 Å². The maximum Gasteiger partial charge on any atom is 0.160 e. The molecule has 0 aliphatic rings. The smallest absolute Gasteiger partial charge is 0.160 e. The van der Waals surface area contributed by atoms with Crippen molar-refractivity contribution in [2.24, 2.45) is 0 Å². The van der Waals surface area contributed by atoms with Crippen LogP contribution >= 0.6 is 0 Å². The van der Waals surface area contributed by atoms with E-state index in [1.165, 1.54) is 7.11 Å². The highest BCUT2D eigenvalue weighted by atomic mass is 16.5. The zero-order chi connectivity index (χ0) is 14.3. The molecule has 104 valence electrons. The van der Waals surface area contributed by atoms with E-state index >= 15 is 0 Å². The molecule has 0 aromatic heterocycles. The van der Waals surface area contributed by atoms with Crippen LogP contribution in [0.1, 0.15) is 38.3 Å². The first-order valence-corrected chi connectivity index (χ1v) is 6.68. The van der Waals surface area contributed by atoms with Gasteiger partial charge >= 0.3 is 0 Å². The summed E-state index contributed by atoms with van der Waals surface area (Å²) in [6, 6.07) is 7.15. The Bertz CT molecular complexity index is 434. The molecule has 0 radical (unpaired) electrons. The molecular formula is C15H22N2O2. The monoisotopic (exact) mass is 262 g/mol. The molecule has 1 atom stereocenters. The number of ether oxygens (including phenoxy) is 1. The van der Waals surface area contributed by atoms with Crippen molar-refractivity contribution in [1.82, 2.24) is 4.90 Å². The van der Waals surface area contributed by atoms with Gasteiger partial charge in [-0.25, -0.2) is 0 Å². The second kappa shape index (κ2) is 7.65. The number of hydrogen-bond acceptors (Lipinski definition) is 4. The van der Waals surface area contributed by atoms with Gasteiger partial charge in [-0.05, 0) is 43.6 Å². The molecule has 4 heteroatoms. The molecule has 0 bridgehead atoms. The number of phenols is 1. The number of nitrogens with zero attached hydrogens (tertiary/aromatic N) is 2. The average molecular weight is 262 g/mol. The van der Waals surface area contributed by atoms with Crippen LogP contribution in [0.5, 0.6) is 11.5 Å². The van der Waals surface area contributed by atoms with E-state index in [-0.39, 0.29) is 11.8 Å². The molecule has 0 fully saturated rings. The summed E-state index contributed by atoms with van der Waals surface area (Å²) < 4.78 is 5.10. The van der Waals surface area contributed by atoms with Crippen LogP contribution in [-0.2, 0) is 0 Å². The second-order valence-electron chi connectivity index (χ2n) is 4.50. The van der Waals surface area contributed by atoms with E-state index in [1.54, 1.807) is 18.2 Å². The fraction of sp³-hybridized carbons (Fsp3) is 0.533. The molecule has 0 saturated carbocycles. The Balaban J connectivity index is 3.04. The van der Waals surface area contributed by atoms with Crippen LogP contribution < -0.4 is 4.74 Å². The largest absolute Gasteiger partial charge is 0.504 e. The van der Waals surface area contributed by atoms with E-state index in [4.69, 9.17) is 4.74 Å². The average Bonchev–Trinajstić information content (AvgIpc) is 2.42. The van der Waals surface area contributed by atoms with Crippen LogP contribution in [0.15, 0.2) is 18.2 Å². The van der Waals surface area contributed by atoms with Crippen LogP contribution in [0.25, 0.3) is 0 Å². The summed E-state index contributed by atoms with van der Waals surface area (Å²) in [4.78, 5) is 2.16. The number of methoxy groups -OCH3 is 1. The molecule has 1 aromatic rings. The molecule has 0 heterocycles. The number of aromatic hydroxyl groups is 1. The van der Waals surface area contributed by atoms with Gasteiger partial charge in [-0.1, -0.05) is 19.9 Å². The third kappa shape index (κ3) is 3.87. The van der Waals surface area contributed by atoms with Crippen LogP contribution in [0.3, 0.4) is 0 Å². The molecule has 0 aliphatic carbocycles. The molecule has 0 spiro atoms. The number of phenolic OH excluding ortho intramolecular Hbond substituents is 1. The van der Waals surface area contributed by atoms with Crippen molar-refractivity contribution in [3.8, 4) is 17.6 Å². The predicted octanol–water partition coefficient (Wildman–Crippen LogP) is 3.09. The second-order valence-corrected chi connectivity index (χ2v) is 4.50. The lowest BCUT2D eigenvalue weighted by Gasteiger charge is -2.26. The van der Waals surface area contributed by atoms with Gasteiger partial charge < -0.3 is 9.84 Å². The summed E-state index contributed by atoms with van der Waals surface area (Å²) in [5, 5.41) is 19.1. The first kappa shape index (κ1) is 15.3. The minimum absolute atomic E-state index is 0.0977. The lowest BCUT2D eigenvalue weighted by molar-refractivity contribution is 0.236. The SMILES string of the molecule is CCCN(CCC)C(C#N)c1ccc(O)c(OC)c1. The summed E-state index contributed by atoms with van der Waals surface area (Å²) in [5.41, 5.74) is 0.860. The highest BCUT2D eigenvalue weighted by Gasteiger charge is 2.20. The van der Waals surface area contributed by atoms with Crippen LogP contribution in [0, 0.1) is 11.3 Å². The van der Waals surface area contributed by atoms with Gasteiger partial charge in [-0.2, -0.15) is 5.26 Å². The van der Waals surface area contributed by atoms with Crippen molar-refractivity contribution in [2.45, 2.75) is 32.7 Å². The number of benzene rings is 1. The van der Waals surface area contributed by atoms with Gasteiger partial charge in [-0.15, -0.1) is 0 Å². The Labute approximate surface area is 115 Å². The Morgan fingerprint density at radius 3 is 2.42 bits per heavy atom. The number of hydrogen-bond donors (Lipinski definition) is 1. The van der Waals surface area contributed by atoms with Crippen molar-refractivity contribution in [3.63, 3.8) is 0 Å². The van der Waals surface area contributed by atoms with Gasteiger partial charge in [0.05, 0.1) is 13.2 Å². The lowest BCUT2D eigenvalue weighted by Crippen LogP contribution is -2.29. The zero-order valence-electron chi connectivity index (χ0n) is 11.9. The predicted molar refractivity (Wildman–Crippen MR) is 75.2 cm³/mol. The van der Waals surface area contributed by atoms with Gasteiger partial charge in [0.15, 0.2) is 11.5 Å². The van der Waals surface area contributed by atoms with Crippen molar-refractivity contribution in [3.05, 3.63) is 23.8 Å². The van der Waals surface area contributed by atoms with Crippen molar-refractivity contribution in [1.29, 1.82) is 5.26 Å². The van der Waals surface area contributed by atoms with Crippen molar-refractivity contribution < 1.29 is 9.84 Å². The van der Waals surface area contributed by atoms with Gasteiger partial charge in [0, 0.05) is 0 Å². The van der Waals surface area contributed by atoms with E-state index in [1.807, 2.05) is 0 Å². The van der Waals surface area contributed by atoms with E-state index in [9.17, 15) is 10.4 Å². The Hall–Kier alpha value is -1.73. The minimum Gasteiger partial charge on any atom is -0.504 e. The molecule has 0 aliphatic heterocycles. The first-order chi connectivity index (χ1) is 9.17. The molecule has 1 aromatic carbocycles. The number of rotatable bonds is 7. The molecule has 0 saturated heterocycles. The van der Waals surface area contributed by atoms with Crippen LogP contribution in [-0.4, -0.2) is 30.2 Å². The van der Waals surface area contributed by atoms with E-state index in [0.717, 1.165) is 31.5 Å². The Kier molecular flexibility index (Phi) is 6.17. The van der Waals surface area contributed by atoms with Crippen LogP contribution in [0.4, 0.5) is 0 Å². The molecule has 0 amide bonds. The maximum atomic E-state index is 9.61. The maximum absolute atomic E-state index is 9.61. The molecule has 1 N–H and O–H groups in total. The molecule has 19 heavy (non-hydrogen) atoms. The summed E-state index contributed by atoms with van der Waals surface area (Å²) in [6.45, 7) is 5.98. The van der Waals surface area contributed by atoms with Gasteiger partial charge in [-0.3, -0.25) is 4.90 Å². The van der Waals surface area contributed by atoms with Gasteiger partial charge in [0.2, 0.25) is 0 Å². The summed E-state index contributed by atoms with van der Waals surface area (Å²) >= 11 is 0. The van der Waals surface area contributed by atoms with E-state index in [2.05, 4.69) is 24.8 Å². The normalized spacial score (nSPS) is 12.2. The van der Waals surface area contributed by atoms with Gasteiger partial charge in [0.1, 0.15) is 6.04 Å². The quantitative estimate of drug-likeness (QED) is 0.820. The van der Waals surface area contributed by atoms with Crippen LogP contribution in [0.2, 0.25) is 0 Å². The van der Waals surface area contributed by atoms with Crippen molar-refractivity contribution >= 4 is 0 Å². The standard InChI is InChI=1S/C15H22N2O2/c1-4-8-17(9-5-2)13(11-16)12-6-7-14(18)15(10-12)19-3/h6-7,10,13,18H,4-5,8-9H2,1-3H3. The van der Waals surface area contributed by atoms with E-state index < -0.39 is 0 Å². The molecular weight excluding hydrogens is 240 g/mol. The Morgan fingerprint density at radius 1 is 1.32 bits per heavy atom. The molecule has 1 unspecified atom stereocenters. The summed E-state index contributed by atoms with van der Waals surface area (Å²) in [6.07, 6.45) is 2.01. The highest BCUT2D eigenvalue weighted by molar-refractivity contribution is 5.43. The third-order valence-electron chi connectivity index (χ3n) is 3.03. The zero-order valence-corrected chi connectivity index (χ0v) is 11.9. The Morgan fingerprint density at radius 2 is 1.95 bits per heavy atom. The first-order valence-electron chi connectivity index (χ1n) is 6.68. The molecule has 4 nitrogen and oxygen atoms in total. The topological polar surface area (TPSA) is 56.5 Å². The fourth-order valence-corrected chi connectivity index (χ4v) is 2.18. The lowest BCUT2D eigenvalue weighted by atomic mass is 10.0. The minimum atomic E-state index is -0.297.